The van der Waals surface area contributed by atoms with Gasteiger partial charge < -0.3 is 14.8 Å². The van der Waals surface area contributed by atoms with Crippen LogP contribution in [0.3, 0.4) is 0 Å². The first-order valence-corrected chi connectivity index (χ1v) is 9.36. The van der Waals surface area contributed by atoms with Crippen molar-refractivity contribution in [2.24, 2.45) is 0 Å². The number of anilines is 2. The molecule has 0 atom stereocenters. The number of ether oxygens (including phenoxy) is 2. The fourth-order valence-corrected chi connectivity index (χ4v) is 2.19. The molecule has 0 radical (unpaired) electrons. The zero-order valence-corrected chi connectivity index (χ0v) is 18.3. The third-order valence-electron chi connectivity index (χ3n) is 3.37. The van der Waals surface area contributed by atoms with Crippen molar-refractivity contribution >= 4 is 29.1 Å². The standard InChI is InChI=1S/C20H25N7O4/c1-19(2,3)30-17(28)27(18(29)31-20(4,5)6)15-9-7-14(8-10-15)22-12-13(11-21)16-23-25-26-24-16/h7-10,12,22H,1-6H3,(H,23,24,25,26). The minimum absolute atomic E-state index is 0.146. The molecule has 0 saturated heterocycles. The predicted molar refractivity (Wildman–Crippen MR) is 113 cm³/mol. The number of carbonyl (C=O) groups is 2. The highest BCUT2D eigenvalue weighted by atomic mass is 16.6. The number of amides is 2. The van der Waals surface area contributed by atoms with E-state index in [1.165, 1.54) is 6.20 Å². The number of carbonyl (C=O) groups excluding carboxylic acids is 2. The molecule has 2 aromatic rings. The third kappa shape index (κ3) is 7.11. The summed E-state index contributed by atoms with van der Waals surface area (Å²) in [7, 11) is 0. The van der Waals surface area contributed by atoms with Crippen LogP contribution in [0, 0.1) is 11.3 Å². The van der Waals surface area contributed by atoms with Gasteiger partial charge in [0, 0.05) is 11.9 Å². The number of nitriles is 1. The predicted octanol–water partition coefficient (Wildman–Crippen LogP) is 3.85. The van der Waals surface area contributed by atoms with Crippen LogP contribution in [0.2, 0.25) is 0 Å². The van der Waals surface area contributed by atoms with E-state index in [2.05, 4.69) is 25.9 Å². The van der Waals surface area contributed by atoms with E-state index in [-0.39, 0.29) is 17.1 Å². The summed E-state index contributed by atoms with van der Waals surface area (Å²) in [6.07, 6.45) is -0.295. The van der Waals surface area contributed by atoms with E-state index in [1.54, 1.807) is 65.8 Å². The molecule has 164 valence electrons. The van der Waals surface area contributed by atoms with Crippen molar-refractivity contribution < 1.29 is 19.1 Å². The molecular formula is C20H25N7O4. The highest BCUT2D eigenvalue weighted by Crippen LogP contribution is 2.24. The molecule has 2 N–H and O–H groups in total. The van der Waals surface area contributed by atoms with Gasteiger partial charge in [-0.3, -0.25) is 0 Å². The maximum absolute atomic E-state index is 12.7. The molecule has 0 fully saturated rings. The van der Waals surface area contributed by atoms with Crippen molar-refractivity contribution in [1.82, 2.24) is 20.6 Å². The van der Waals surface area contributed by atoms with Crippen molar-refractivity contribution in [3.8, 4) is 6.07 Å². The van der Waals surface area contributed by atoms with Gasteiger partial charge in [0.1, 0.15) is 22.8 Å². The Bertz CT molecular complexity index is 951. The zero-order chi connectivity index (χ0) is 23.2. The van der Waals surface area contributed by atoms with Crippen LogP contribution in [0.5, 0.6) is 0 Å². The molecule has 1 heterocycles. The van der Waals surface area contributed by atoms with Gasteiger partial charge in [-0.25, -0.2) is 9.59 Å². The van der Waals surface area contributed by atoms with E-state index >= 15 is 0 Å². The van der Waals surface area contributed by atoms with Crippen molar-refractivity contribution in [3.05, 3.63) is 36.3 Å². The largest absolute Gasteiger partial charge is 0.443 e. The van der Waals surface area contributed by atoms with E-state index in [0.29, 0.717) is 5.69 Å². The molecule has 0 saturated carbocycles. The van der Waals surface area contributed by atoms with E-state index < -0.39 is 23.4 Å². The zero-order valence-electron chi connectivity index (χ0n) is 18.3. The fraction of sp³-hybridized carbons (Fsp3) is 0.400. The average molecular weight is 427 g/mol. The molecular weight excluding hydrogens is 402 g/mol. The lowest BCUT2D eigenvalue weighted by Gasteiger charge is -2.28. The van der Waals surface area contributed by atoms with Gasteiger partial charge in [-0.15, -0.1) is 10.2 Å². The van der Waals surface area contributed by atoms with Gasteiger partial charge in [-0.1, -0.05) is 0 Å². The van der Waals surface area contributed by atoms with Gasteiger partial charge in [0.15, 0.2) is 0 Å². The summed E-state index contributed by atoms with van der Waals surface area (Å²) in [5, 5.41) is 25.3. The molecule has 2 rings (SSSR count). The molecule has 2 amide bonds. The first-order chi connectivity index (χ1) is 14.4. The summed E-state index contributed by atoms with van der Waals surface area (Å²) in [5.41, 5.74) is -0.578. The van der Waals surface area contributed by atoms with E-state index in [0.717, 1.165) is 4.90 Å². The average Bonchev–Trinajstić information content (AvgIpc) is 3.15. The van der Waals surface area contributed by atoms with Gasteiger partial charge in [0.25, 0.3) is 0 Å². The van der Waals surface area contributed by atoms with Crippen molar-refractivity contribution in [2.45, 2.75) is 52.7 Å². The Morgan fingerprint density at radius 1 is 1.06 bits per heavy atom. The lowest BCUT2D eigenvalue weighted by atomic mass is 10.2. The molecule has 1 aromatic carbocycles. The van der Waals surface area contributed by atoms with Crippen LogP contribution in [0.1, 0.15) is 47.4 Å². The van der Waals surface area contributed by atoms with E-state index in [9.17, 15) is 14.9 Å². The SMILES string of the molecule is CC(C)(C)OC(=O)N(C(=O)OC(C)(C)C)c1ccc(NC=C(C#N)c2nn[nH]n2)cc1. The highest BCUT2D eigenvalue weighted by molar-refractivity contribution is 6.09. The second kappa shape index (κ2) is 9.25. The monoisotopic (exact) mass is 427 g/mol. The second-order valence-corrected chi connectivity index (χ2v) is 8.39. The third-order valence-corrected chi connectivity index (χ3v) is 3.37. The van der Waals surface area contributed by atoms with Crippen LogP contribution >= 0.6 is 0 Å². The Labute approximate surface area is 180 Å². The van der Waals surface area contributed by atoms with E-state index in [1.807, 2.05) is 6.07 Å². The molecule has 0 bridgehead atoms. The van der Waals surface area contributed by atoms with Crippen molar-refractivity contribution in [3.63, 3.8) is 0 Å². The maximum atomic E-state index is 12.7. The molecule has 0 unspecified atom stereocenters. The lowest BCUT2D eigenvalue weighted by molar-refractivity contribution is 0.0430. The summed E-state index contributed by atoms with van der Waals surface area (Å²) in [6.45, 7) is 10.2. The maximum Gasteiger partial charge on any atom is 0.424 e. The summed E-state index contributed by atoms with van der Waals surface area (Å²) in [4.78, 5) is 26.2. The van der Waals surface area contributed by atoms with Gasteiger partial charge in [-0.2, -0.15) is 15.4 Å². The first-order valence-electron chi connectivity index (χ1n) is 9.36. The minimum atomic E-state index is -0.855. The smallest absolute Gasteiger partial charge is 0.424 e. The number of hydrogen-bond acceptors (Lipinski definition) is 9. The summed E-state index contributed by atoms with van der Waals surface area (Å²) >= 11 is 0. The van der Waals surface area contributed by atoms with Crippen LogP contribution < -0.4 is 10.2 Å². The molecule has 0 aliphatic rings. The second-order valence-electron chi connectivity index (χ2n) is 8.39. The van der Waals surface area contributed by atoms with Crippen LogP contribution in [0.15, 0.2) is 30.5 Å². The molecule has 0 aliphatic heterocycles. The number of H-pyrrole nitrogens is 1. The number of nitrogens with one attached hydrogen (secondary N) is 2. The topological polar surface area (TPSA) is 146 Å². The Balaban J connectivity index is 2.25. The Morgan fingerprint density at radius 2 is 1.61 bits per heavy atom. The molecule has 11 heteroatoms. The van der Waals surface area contributed by atoms with Crippen LogP contribution in [0.25, 0.3) is 5.57 Å². The molecule has 31 heavy (non-hydrogen) atoms. The number of benzene rings is 1. The first kappa shape index (κ1) is 23.3. The number of hydrogen-bond donors (Lipinski definition) is 2. The molecule has 1 aromatic heterocycles. The number of aromatic amines is 1. The van der Waals surface area contributed by atoms with Crippen LogP contribution in [-0.2, 0) is 9.47 Å². The summed E-state index contributed by atoms with van der Waals surface area (Å²) < 4.78 is 10.7. The molecule has 0 spiro atoms. The minimum Gasteiger partial charge on any atom is -0.443 e. The number of tetrazole rings is 1. The Morgan fingerprint density at radius 3 is 2.03 bits per heavy atom. The number of rotatable bonds is 4. The quantitative estimate of drug-likeness (QED) is 0.694. The molecule has 0 aliphatic carbocycles. The lowest BCUT2D eigenvalue weighted by Crippen LogP contribution is -2.43. The van der Waals surface area contributed by atoms with Crippen LogP contribution in [0.4, 0.5) is 21.0 Å². The normalized spacial score (nSPS) is 12.0. The van der Waals surface area contributed by atoms with Crippen LogP contribution in [-0.4, -0.2) is 44.0 Å². The van der Waals surface area contributed by atoms with Gasteiger partial charge >= 0.3 is 12.2 Å². The Kier molecular flexibility index (Phi) is 6.97. The number of imide groups is 1. The van der Waals surface area contributed by atoms with Gasteiger partial charge in [-0.05, 0) is 71.0 Å². The highest BCUT2D eigenvalue weighted by Gasteiger charge is 2.32. The number of aromatic nitrogens is 4. The van der Waals surface area contributed by atoms with Gasteiger partial charge in [0.05, 0.1) is 5.69 Å². The summed E-state index contributed by atoms with van der Waals surface area (Å²) in [6, 6.07) is 8.30. The number of allylic oxidation sites excluding steroid dienone is 1. The van der Waals surface area contributed by atoms with Crippen molar-refractivity contribution in [2.75, 3.05) is 10.2 Å². The fourth-order valence-electron chi connectivity index (χ4n) is 2.19. The van der Waals surface area contributed by atoms with E-state index in [4.69, 9.17) is 9.47 Å². The number of nitrogens with zero attached hydrogens (tertiary/aromatic N) is 5. The van der Waals surface area contributed by atoms with Crippen molar-refractivity contribution in [1.29, 1.82) is 5.26 Å². The molecule has 11 nitrogen and oxygen atoms in total. The Hall–Kier alpha value is -3.94. The summed E-state index contributed by atoms with van der Waals surface area (Å²) in [5.74, 6) is 0.146. The van der Waals surface area contributed by atoms with Gasteiger partial charge in [0.2, 0.25) is 5.82 Å².